The van der Waals surface area contributed by atoms with Gasteiger partial charge < -0.3 is 0 Å². The first kappa shape index (κ1) is 13.0. The van der Waals surface area contributed by atoms with Gasteiger partial charge in [0.1, 0.15) is 11.8 Å². The Morgan fingerprint density at radius 1 is 1.41 bits per heavy atom. The van der Waals surface area contributed by atoms with E-state index in [2.05, 4.69) is 4.98 Å². The number of carbonyl (C=O) groups excluding carboxylic acids is 1. The number of aldehydes is 1. The normalized spacial score (nSPS) is 11.4. The molecular weight excluding hydrogens is 247 g/mol. The van der Waals surface area contributed by atoms with Crippen LogP contribution >= 0.6 is 0 Å². The van der Waals surface area contributed by atoms with Crippen LogP contribution in [0, 0.1) is 11.3 Å². The summed E-state index contributed by atoms with van der Waals surface area (Å²) in [6.45, 7) is 0. The third-order valence-corrected chi connectivity index (χ3v) is 1.88. The third kappa shape index (κ3) is 2.38. The fraction of sp³-hybridized carbons (Fsp3) is 0.222. The van der Waals surface area contributed by atoms with Crippen molar-refractivity contribution in [2.75, 3.05) is 0 Å². The molecule has 1 aromatic rings. The number of carbonyl (C=O) groups is 1. The predicted octanol–water partition coefficient (Wildman–Crippen LogP) is 2.72. The number of hydrogen-bond acceptors (Lipinski definition) is 3. The molecule has 0 atom stereocenters. The lowest BCUT2D eigenvalue weighted by molar-refractivity contribution is -0.140. The maximum Gasteiger partial charge on any atom is 0.419 e. The topological polar surface area (TPSA) is 53.8 Å². The summed E-state index contributed by atoms with van der Waals surface area (Å²) in [6.07, 6.45) is -8.44. The molecule has 3 nitrogen and oxygen atoms in total. The molecule has 1 rings (SSSR count). The van der Waals surface area contributed by atoms with Gasteiger partial charge in [0, 0.05) is 11.8 Å². The van der Waals surface area contributed by atoms with Gasteiger partial charge in [-0.25, -0.2) is 8.78 Å². The van der Waals surface area contributed by atoms with Gasteiger partial charge in [-0.05, 0) is 0 Å². The van der Waals surface area contributed by atoms with Gasteiger partial charge in [-0.1, -0.05) is 0 Å². The average Bonchev–Trinajstić information content (AvgIpc) is 2.25. The van der Waals surface area contributed by atoms with Crippen molar-refractivity contribution in [1.29, 1.82) is 5.26 Å². The monoisotopic (exact) mass is 250 g/mol. The third-order valence-electron chi connectivity index (χ3n) is 1.88. The molecule has 0 saturated carbocycles. The van der Waals surface area contributed by atoms with Crippen molar-refractivity contribution in [2.45, 2.75) is 12.6 Å². The van der Waals surface area contributed by atoms with Crippen molar-refractivity contribution >= 4 is 6.29 Å². The highest BCUT2D eigenvalue weighted by atomic mass is 19.4. The van der Waals surface area contributed by atoms with Gasteiger partial charge in [-0.15, -0.1) is 0 Å². The Kier molecular flexibility index (Phi) is 3.41. The van der Waals surface area contributed by atoms with E-state index in [-0.39, 0.29) is 6.29 Å². The molecule has 0 aliphatic carbocycles. The Balaban J connectivity index is 3.70. The Morgan fingerprint density at radius 3 is 2.35 bits per heavy atom. The van der Waals surface area contributed by atoms with Crippen LogP contribution in [0.4, 0.5) is 22.0 Å². The van der Waals surface area contributed by atoms with Gasteiger partial charge in [0.15, 0.2) is 6.29 Å². The fourth-order valence-electron chi connectivity index (χ4n) is 1.22. The quantitative estimate of drug-likeness (QED) is 0.599. The minimum Gasteiger partial charge on any atom is -0.298 e. The first-order valence-corrected chi connectivity index (χ1v) is 4.06. The van der Waals surface area contributed by atoms with Crippen molar-refractivity contribution in [1.82, 2.24) is 4.98 Å². The van der Waals surface area contributed by atoms with Crippen LogP contribution < -0.4 is 0 Å². The smallest absolute Gasteiger partial charge is 0.298 e. The highest BCUT2D eigenvalue weighted by molar-refractivity contribution is 5.82. The van der Waals surface area contributed by atoms with E-state index in [9.17, 15) is 26.7 Å². The molecule has 0 saturated heterocycles. The lowest BCUT2D eigenvalue weighted by Gasteiger charge is -2.14. The minimum atomic E-state index is -5.18. The molecule has 0 N–H and O–H groups in total. The van der Waals surface area contributed by atoms with Crippen LogP contribution in [0.3, 0.4) is 0 Å². The molecule has 0 aliphatic rings. The molecule has 0 amide bonds. The molecule has 0 spiro atoms. The molecule has 1 aromatic heterocycles. The maximum atomic E-state index is 12.5. The van der Waals surface area contributed by atoms with Gasteiger partial charge >= 0.3 is 6.18 Å². The van der Waals surface area contributed by atoms with Crippen molar-refractivity contribution < 1.29 is 26.7 Å². The second-order valence-electron chi connectivity index (χ2n) is 2.87. The Labute approximate surface area is 91.5 Å². The van der Waals surface area contributed by atoms with E-state index in [0.717, 1.165) is 0 Å². The van der Waals surface area contributed by atoms with Crippen molar-refractivity contribution in [3.63, 3.8) is 0 Å². The zero-order valence-electron chi connectivity index (χ0n) is 7.92. The van der Waals surface area contributed by atoms with Crippen LogP contribution in [0.15, 0.2) is 6.20 Å². The zero-order chi connectivity index (χ0) is 13.2. The molecule has 0 fully saturated rings. The van der Waals surface area contributed by atoms with E-state index in [1.54, 1.807) is 0 Å². The molecule has 90 valence electrons. The molecule has 0 radical (unpaired) electrons. The number of pyridine rings is 1. The highest BCUT2D eigenvalue weighted by Gasteiger charge is 2.40. The van der Waals surface area contributed by atoms with Crippen molar-refractivity contribution in [2.24, 2.45) is 0 Å². The maximum absolute atomic E-state index is 12.5. The summed E-state index contributed by atoms with van der Waals surface area (Å²) >= 11 is 0. The van der Waals surface area contributed by atoms with Crippen LogP contribution in [0.1, 0.15) is 33.6 Å². The van der Waals surface area contributed by atoms with Crippen LogP contribution in [0.25, 0.3) is 0 Å². The van der Waals surface area contributed by atoms with Crippen molar-refractivity contribution in [3.05, 3.63) is 28.6 Å². The highest BCUT2D eigenvalue weighted by Crippen LogP contribution is 2.37. The van der Waals surface area contributed by atoms with E-state index in [1.807, 2.05) is 0 Å². The SMILES string of the molecule is N#Cc1cnc(C(F)F)c(C(F)(F)F)c1C=O. The molecule has 0 aromatic carbocycles. The molecular formula is C9H3F5N2O. The first-order valence-electron chi connectivity index (χ1n) is 4.06. The summed E-state index contributed by atoms with van der Waals surface area (Å²) in [5.41, 5.74) is -5.23. The number of halogens is 5. The number of alkyl halides is 5. The summed E-state index contributed by atoms with van der Waals surface area (Å²) in [5, 5.41) is 8.47. The standard InChI is InChI=1S/C9H3F5N2O/c10-8(11)7-6(9(12,13)14)5(3-17)4(1-15)2-16-7/h2-3,8H. The van der Waals surface area contributed by atoms with E-state index in [1.165, 1.54) is 6.07 Å². The lowest BCUT2D eigenvalue weighted by atomic mass is 10.0. The Hall–Kier alpha value is -2.04. The molecule has 0 bridgehead atoms. The number of nitrogens with zero attached hydrogens (tertiary/aromatic N) is 2. The van der Waals surface area contributed by atoms with Gasteiger partial charge in [0.2, 0.25) is 0 Å². The summed E-state index contributed by atoms with van der Waals surface area (Å²) < 4.78 is 62.3. The van der Waals surface area contributed by atoms with Gasteiger partial charge in [0.05, 0.1) is 11.1 Å². The fourth-order valence-corrected chi connectivity index (χ4v) is 1.22. The zero-order valence-corrected chi connectivity index (χ0v) is 7.92. The molecule has 0 unspecified atom stereocenters. The largest absolute Gasteiger partial charge is 0.419 e. The van der Waals surface area contributed by atoms with Gasteiger partial charge in [-0.3, -0.25) is 9.78 Å². The van der Waals surface area contributed by atoms with E-state index < -0.39 is 35.0 Å². The van der Waals surface area contributed by atoms with Crippen LogP contribution in [-0.4, -0.2) is 11.3 Å². The molecule has 8 heteroatoms. The van der Waals surface area contributed by atoms with E-state index >= 15 is 0 Å². The number of hydrogen-bond donors (Lipinski definition) is 0. The molecule has 1 heterocycles. The first-order chi connectivity index (χ1) is 7.82. The Bertz CT molecular complexity index is 489. The summed E-state index contributed by atoms with van der Waals surface area (Å²) in [5.74, 6) is 0. The second kappa shape index (κ2) is 4.45. The number of aromatic nitrogens is 1. The van der Waals surface area contributed by atoms with Crippen LogP contribution in [-0.2, 0) is 6.18 Å². The average molecular weight is 250 g/mol. The summed E-state index contributed by atoms with van der Waals surface area (Å²) in [6, 6.07) is 1.29. The van der Waals surface area contributed by atoms with Gasteiger partial charge in [-0.2, -0.15) is 18.4 Å². The second-order valence-corrected chi connectivity index (χ2v) is 2.87. The van der Waals surface area contributed by atoms with Crippen LogP contribution in [0.2, 0.25) is 0 Å². The summed E-state index contributed by atoms with van der Waals surface area (Å²) in [4.78, 5) is 13.4. The van der Waals surface area contributed by atoms with E-state index in [0.29, 0.717) is 6.20 Å². The minimum absolute atomic E-state index is 0.283. The van der Waals surface area contributed by atoms with Crippen LogP contribution in [0.5, 0.6) is 0 Å². The molecule has 17 heavy (non-hydrogen) atoms. The Morgan fingerprint density at radius 2 is 2.00 bits per heavy atom. The van der Waals surface area contributed by atoms with Crippen molar-refractivity contribution in [3.8, 4) is 6.07 Å². The van der Waals surface area contributed by atoms with Gasteiger partial charge in [0.25, 0.3) is 6.43 Å². The predicted molar refractivity (Wildman–Crippen MR) is 44.3 cm³/mol. The lowest BCUT2D eigenvalue weighted by Crippen LogP contribution is -2.16. The number of rotatable bonds is 2. The molecule has 0 aliphatic heterocycles. The number of nitriles is 1. The van der Waals surface area contributed by atoms with E-state index in [4.69, 9.17) is 5.26 Å². The summed E-state index contributed by atoms with van der Waals surface area (Å²) in [7, 11) is 0.